The molecule has 0 N–H and O–H groups in total. The minimum Gasteiger partial charge on any atom is -0.439 e. The van der Waals surface area contributed by atoms with Crippen LogP contribution in [0.25, 0.3) is 121 Å². The number of hydrazine groups is 1. The summed E-state index contributed by atoms with van der Waals surface area (Å²) in [4.78, 5) is 26.9. The summed E-state index contributed by atoms with van der Waals surface area (Å²) in [6.45, 7) is 41.7. The van der Waals surface area contributed by atoms with E-state index in [1.165, 1.54) is 56.4 Å². The smallest absolute Gasteiger partial charge is 0.369 e. The Balaban J connectivity index is 0.000000117. The van der Waals surface area contributed by atoms with Gasteiger partial charge in [0.25, 0.3) is 6.85 Å². The molecular formula is C98H110B4N15O4+3. The largest absolute Gasteiger partial charge is 0.439 e. The van der Waals surface area contributed by atoms with Crippen LogP contribution in [0.3, 0.4) is 0 Å². The van der Waals surface area contributed by atoms with Crippen molar-refractivity contribution < 1.29 is 31.4 Å². The topological polar surface area (TPSA) is 147 Å². The highest BCUT2D eigenvalue weighted by atomic mass is 16.3. The fourth-order valence-electron chi connectivity index (χ4n) is 18.9. The van der Waals surface area contributed by atoms with E-state index in [1.54, 1.807) is 24.8 Å². The van der Waals surface area contributed by atoms with Gasteiger partial charge in [-0.05, 0) is 195 Å². The van der Waals surface area contributed by atoms with E-state index in [4.69, 9.17) is 17.7 Å². The molecule has 15 aromatic rings. The SMILES string of the molecule is CB1C=c2c(oc3ncccc23)=CN1N1C(C)C(C)(C)CC1(C)C.CB1C=c2c(oc3ncccc23)=CN1c1cn(-c2ccccc2)c(C)[n+]1C.CB1C=c2oc3ncccc3c2=CN1c1n(-c2c(C(C)C)cc(-c3ccccc3)cc2C(C)C)cc[n+]1C.CB1C=c2oc3ncccc3c2=CN1c1n(-c2c(C(C)C)cccc2C(C)C)cc[n+]1C. The van der Waals surface area contributed by atoms with Gasteiger partial charge in [0.05, 0.1) is 73.3 Å². The number of aromatic nitrogens is 10. The first-order valence-corrected chi connectivity index (χ1v) is 42.9. The van der Waals surface area contributed by atoms with E-state index in [1.807, 2.05) is 30.3 Å². The van der Waals surface area contributed by atoms with Crippen LogP contribution in [0, 0.1) is 12.3 Å². The lowest BCUT2D eigenvalue weighted by molar-refractivity contribution is -0.663. The van der Waals surface area contributed by atoms with Crippen LogP contribution in [0.1, 0.15) is 148 Å². The summed E-state index contributed by atoms with van der Waals surface area (Å²) in [6, 6.07) is 49.2. The molecule has 11 aromatic heterocycles. The number of fused-ring (bicyclic) bond motifs is 12. The van der Waals surface area contributed by atoms with Crippen molar-refractivity contribution >= 4 is 138 Å². The first-order chi connectivity index (χ1) is 58.0. The highest BCUT2D eigenvalue weighted by Crippen LogP contribution is 2.48. The molecule has 0 saturated carbocycles. The summed E-state index contributed by atoms with van der Waals surface area (Å²) in [7, 11) is 6.34. The molecule has 5 aliphatic rings. The lowest BCUT2D eigenvalue weighted by Crippen LogP contribution is -2.58. The first-order valence-electron chi connectivity index (χ1n) is 42.9. The lowest BCUT2D eigenvalue weighted by atomic mass is 9.61. The molecule has 121 heavy (non-hydrogen) atoms. The van der Waals surface area contributed by atoms with E-state index in [0.717, 1.165) is 93.8 Å². The third-order valence-corrected chi connectivity index (χ3v) is 25.2. The van der Waals surface area contributed by atoms with Gasteiger partial charge < -0.3 is 27.4 Å². The summed E-state index contributed by atoms with van der Waals surface area (Å²) in [5, 5.41) is 11.2. The van der Waals surface area contributed by atoms with Crippen molar-refractivity contribution in [2.45, 2.75) is 166 Å². The molecule has 1 fully saturated rings. The molecule has 1 unspecified atom stereocenters. The summed E-state index contributed by atoms with van der Waals surface area (Å²) >= 11 is 0. The number of hydrogen-bond acceptors (Lipinski definition) is 13. The Hall–Kier alpha value is -12.4. The number of hydrogen-bond donors (Lipinski definition) is 0. The molecule has 0 aliphatic carbocycles. The number of imidazole rings is 3. The number of rotatable bonds is 12. The number of nitrogens with zero attached hydrogens (tertiary/aromatic N) is 15. The normalized spacial score (nSPS) is 15.8. The van der Waals surface area contributed by atoms with Crippen LogP contribution in [-0.2, 0) is 21.1 Å². The van der Waals surface area contributed by atoms with Gasteiger partial charge in [-0.25, -0.2) is 52.3 Å². The maximum Gasteiger partial charge on any atom is 0.369 e. The van der Waals surface area contributed by atoms with Crippen molar-refractivity contribution in [3.05, 3.63) is 266 Å². The van der Waals surface area contributed by atoms with Crippen molar-refractivity contribution in [1.29, 1.82) is 0 Å². The highest BCUT2D eigenvalue weighted by molar-refractivity contribution is 6.78. The molecule has 19 nitrogen and oxygen atoms in total. The van der Waals surface area contributed by atoms with Crippen LogP contribution in [0.4, 0.5) is 17.7 Å². The van der Waals surface area contributed by atoms with Crippen molar-refractivity contribution in [2.75, 3.05) is 14.4 Å². The zero-order valence-electron chi connectivity index (χ0n) is 73.8. The molecule has 0 radical (unpaired) electrons. The molecule has 16 heterocycles. The van der Waals surface area contributed by atoms with Gasteiger partial charge in [-0.3, -0.25) is 9.62 Å². The minimum absolute atomic E-state index is 0.108. The highest BCUT2D eigenvalue weighted by Gasteiger charge is 2.52. The van der Waals surface area contributed by atoms with Gasteiger partial charge in [0.15, 0.2) is 10.8 Å². The lowest BCUT2D eigenvalue weighted by Gasteiger charge is -2.45. The van der Waals surface area contributed by atoms with Crippen LogP contribution in [0.5, 0.6) is 0 Å². The first kappa shape index (κ1) is 81.0. The van der Waals surface area contributed by atoms with E-state index in [0.29, 0.717) is 46.9 Å². The van der Waals surface area contributed by atoms with Gasteiger partial charge in [0.2, 0.25) is 34.5 Å². The van der Waals surface area contributed by atoms with Crippen LogP contribution in [0.15, 0.2) is 213 Å². The molecular weight excluding hydrogens is 1490 g/mol. The Morgan fingerprint density at radius 3 is 1.29 bits per heavy atom. The molecule has 1 atom stereocenters. The number of para-hydroxylation sites is 2. The summed E-state index contributed by atoms with van der Waals surface area (Å²) < 4.78 is 37.7. The molecule has 23 heteroatoms. The van der Waals surface area contributed by atoms with E-state index >= 15 is 0 Å². The molecule has 610 valence electrons. The summed E-state index contributed by atoms with van der Waals surface area (Å²) in [6.07, 6.45) is 27.8. The van der Waals surface area contributed by atoms with Gasteiger partial charge in [-0.15, -0.1) is 0 Å². The van der Waals surface area contributed by atoms with E-state index < -0.39 is 0 Å². The van der Waals surface area contributed by atoms with Gasteiger partial charge in [0.1, 0.15) is 46.5 Å². The zero-order valence-corrected chi connectivity index (χ0v) is 73.8. The third kappa shape index (κ3) is 14.7. The molecule has 20 rings (SSSR count). The van der Waals surface area contributed by atoms with Gasteiger partial charge in [-0.1, -0.05) is 155 Å². The number of pyridine rings is 4. The molecule has 5 aliphatic heterocycles. The fourth-order valence-corrected chi connectivity index (χ4v) is 18.9. The average molecular weight is 1610 g/mol. The Morgan fingerprint density at radius 2 is 0.843 bits per heavy atom. The van der Waals surface area contributed by atoms with Crippen LogP contribution in [-0.4, -0.2) is 82.5 Å². The number of aryl methyl sites for hydroxylation is 2. The average Bonchev–Trinajstić information content (AvgIpc) is 1.62. The predicted molar refractivity (Wildman–Crippen MR) is 496 cm³/mol. The minimum atomic E-state index is 0.108. The second-order valence-corrected chi connectivity index (χ2v) is 35.9. The molecule has 0 spiro atoms. The number of benzene rings is 4. The Labute approximate surface area is 709 Å². The quantitative estimate of drug-likeness (QED) is 0.0845. The van der Waals surface area contributed by atoms with E-state index in [2.05, 4.69) is 406 Å². The van der Waals surface area contributed by atoms with E-state index in [-0.39, 0.29) is 38.3 Å². The van der Waals surface area contributed by atoms with Gasteiger partial charge in [-0.2, -0.15) is 0 Å². The van der Waals surface area contributed by atoms with Crippen LogP contribution in [0.2, 0.25) is 27.3 Å². The van der Waals surface area contributed by atoms with Crippen molar-refractivity contribution in [3.63, 3.8) is 0 Å². The second kappa shape index (κ2) is 32.0. The Bertz CT molecular complexity index is 6980. The molecule has 1 saturated heterocycles. The Kier molecular flexibility index (Phi) is 21.4. The fraction of sp³-hybridized carbons (Fsp3) is 0.296. The monoisotopic (exact) mass is 1600 g/mol. The van der Waals surface area contributed by atoms with Crippen LogP contribution < -0.4 is 70.7 Å². The molecule has 0 bridgehead atoms. The zero-order chi connectivity index (χ0) is 84.9. The predicted octanol–water partition coefficient (Wildman–Crippen LogP) is 14.0. The Morgan fingerprint density at radius 1 is 0.430 bits per heavy atom. The van der Waals surface area contributed by atoms with Crippen molar-refractivity contribution in [1.82, 2.24) is 43.6 Å². The number of anilines is 3. The maximum atomic E-state index is 6.09. The van der Waals surface area contributed by atoms with Crippen molar-refractivity contribution in [3.8, 4) is 28.2 Å². The summed E-state index contributed by atoms with van der Waals surface area (Å²) in [5.41, 5.74) is 18.4. The van der Waals surface area contributed by atoms with E-state index in [9.17, 15) is 0 Å². The summed E-state index contributed by atoms with van der Waals surface area (Å²) in [5.74, 6) is 15.0. The van der Waals surface area contributed by atoms with Gasteiger partial charge >= 0.3 is 32.4 Å². The molecule has 0 amide bonds. The second-order valence-electron chi connectivity index (χ2n) is 35.9. The number of furan rings is 4. The third-order valence-electron chi connectivity index (χ3n) is 25.2. The van der Waals surface area contributed by atoms with Crippen LogP contribution >= 0.6 is 0 Å². The van der Waals surface area contributed by atoms with Crippen molar-refractivity contribution in [2.24, 2.45) is 26.6 Å². The maximum absolute atomic E-state index is 6.09. The molecule has 4 aromatic carbocycles. The van der Waals surface area contributed by atoms with Gasteiger partial charge in [0, 0.05) is 70.7 Å². The standard InChI is InChI=1S/C32H34BN4O.C26H30BN4O.C21H20BN4O.C19H26BN3O/c1-21(2)26-17-24(23-11-8-7-9-12-23)18-27(22(3)4)30(26)36-16-15-35(6)32(36)37-20-28-25-13-10-14-34-31(25)38-29(28)19-33(37)5;1-17(2)19-9-7-10-20(18(3)4)24(19)30-14-13-29(6)26(30)31-16-22-21-11-8-12-28-25(21)32-23(22)15-27(31)5;1-15-24(3)20(14-25(15)16-8-5-4-6-9-16)26-13-19-18(12-22(26)2)17-10-7-11-23-21(17)27-19;1-13-18(2,3)12-19(4,5)23(13)22-11-16-15(10-20(22)6)14-8-7-9-21-17(14)24-16/h7-22H,1-6H3;7-18H,1-6H3;4-14H,1-3H3;7-11,13H,12H2,1-6H3/q3*+1;.